The molecule has 7 nitrogen and oxygen atoms in total. The zero-order valence-electron chi connectivity index (χ0n) is 19.4. The maximum Gasteiger partial charge on any atom is 0.272 e. The molecule has 0 bridgehead atoms. The highest BCUT2D eigenvalue weighted by molar-refractivity contribution is 5.94. The summed E-state index contributed by atoms with van der Waals surface area (Å²) in [6, 6.07) is 11.5. The summed E-state index contributed by atoms with van der Waals surface area (Å²) in [7, 11) is 0. The minimum Gasteiger partial charge on any atom is -0.349 e. The van der Waals surface area contributed by atoms with Gasteiger partial charge in [-0.3, -0.25) is 14.6 Å². The van der Waals surface area contributed by atoms with Crippen LogP contribution in [0.1, 0.15) is 66.2 Å². The van der Waals surface area contributed by atoms with Crippen LogP contribution in [0.4, 0.5) is 0 Å². The molecule has 7 heteroatoms. The zero-order chi connectivity index (χ0) is 23.1. The van der Waals surface area contributed by atoms with Crippen LogP contribution in [-0.4, -0.2) is 51.7 Å². The number of nitrogens with zero attached hydrogens (tertiary/aromatic N) is 3. The summed E-state index contributed by atoms with van der Waals surface area (Å²) in [5.41, 5.74) is 2.54. The Morgan fingerprint density at radius 2 is 1.88 bits per heavy atom. The van der Waals surface area contributed by atoms with E-state index in [4.69, 9.17) is 0 Å². The van der Waals surface area contributed by atoms with Crippen LogP contribution >= 0.6 is 0 Å². The van der Waals surface area contributed by atoms with Crippen LogP contribution in [-0.2, 0) is 6.42 Å². The molecule has 1 spiro atoms. The van der Waals surface area contributed by atoms with Crippen molar-refractivity contribution in [1.82, 2.24) is 25.4 Å². The number of hydrogen-bond acceptors (Lipinski definition) is 5. The number of hydrogen-bond donors (Lipinski definition) is 2. The summed E-state index contributed by atoms with van der Waals surface area (Å²) in [6.45, 7) is 3.40. The molecule has 6 rings (SSSR count). The molecule has 2 aromatic heterocycles. The number of rotatable bonds is 6. The zero-order valence-corrected chi connectivity index (χ0v) is 19.4. The first-order valence-electron chi connectivity index (χ1n) is 12.6. The van der Waals surface area contributed by atoms with Gasteiger partial charge < -0.3 is 10.2 Å². The van der Waals surface area contributed by atoms with Crippen LogP contribution in [0.3, 0.4) is 0 Å². The van der Waals surface area contributed by atoms with Crippen molar-refractivity contribution in [2.75, 3.05) is 19.6 Å². The van der Waals surface area contributed by atoms with Crippen LogP contribution in [0.2, 0.25) is 0 Å². The number of nitrogens with one attached hydrogen (secondary N) is 2. The average molecular weight is 458 g/mol. The normalized spacial score (nSPS) is 23.5. The molecule has 3 aromatic rings. The van der Waals surface area contributed by atoms with Gasteiger partial charge in [-0.2, -0.15) is 5.10 Å². The molecule has 1 aromatic carbocycles. The Balaban J connectivity index is 1.18. The summed E-state index contributed by atoms with van der Waals surface area (Å²) in [5, 5.41) is 12.0. The van der Waals surface area contributed by atoms with Gasteiger partial charge in [-0.15, -0.1) is 0 Å². The van der Waals surface area contributed by atoms with E-state index in [-0.39, 0.29) is 28.8 Å². The van der Waals surface area contributed by atoms with Crippen molar-refractivity contribution in [1.29, 1.82) is 0 Å². The van der Waals surface area contributed by atoms with Crippen LogP contribution in [0, 0.1) is 5.41 Å². The maximum absolute atomic E-state index is 13.1. The second-order valence-corrected chi connectivity index (χ2v) is 10.3. The van der Waals surface area contributed by atoms with Gasteiger partial charge in [0.15, 0.2) is 0 Å². The molecule has 1 amide bonds. The van der Waals surface area contributed by atoms with Gasteiger partial charge in [0.2, 0.25) is 0 Å². The van der Waals surface area contributed by atoms with Crippen LogP contribution in [0.25, 0.3) is 10.8 Å². The molecule has 3 fully saturated rings. The molecule has 2 unspecified atom stereocenters. The van der Waals surface area contributed by atoms with Crippen LogP contribution in [0.5, 0.6) is 0 Å². The fraction of sp³-hybridized carbons (Fsp3) is 0.481. The van der Waals surface area contributed by atoms with Crippen molar-refractivity contribution in [3.05, 3.63) is 69.9 Å². The summed E-state index contributed by atoms with van der Waals surface area (Å²) < 4.78 is 0. The molecule has 34 heavy (non-hydrogen) atoms. The number of carbonyl (C=O) groups excluding carboxylic acids is 1. The van der Waals surface area contributed by atoms with Gasteiger partial charge in [0.1, 0.15) is 0 Å². The number of amides is 1. The standard InChI is InChI=1S/C27H31N5O2/c33-25(18-8-9-19(28-17-18)10-15-32-13-3-4-14-32)29-22-16-27(11-5-12-27)23(22)24-20-6-1-2-7-21(20)26(34)31-30-24/h1-2,6-9,17,22-23H,3-5,10-16H2,(H,29,33)(H,31,34). The lowest BCUT2D eigenvalue weighted by Crippen LogP contribution is -2.60. The van der Waals surface area contributed by atoms with Crippen LogP contribution in [0.15, 0.2) is 47.4 Å². The van der Waals surface area contributed by atoms with Gasteiger partial charge in [-0.1, -0.05) is 24.6 Å². The number of pyridine rings is 1. The molecule has 176 valence electrons. The van der Waals surface area contributed by atoms with E-state index in [1.165, 1.54) is 32.4 Å². The Morgan fingerprint density at radius 3 is 2.59 bits per heavy atom. The van der Waals surface area contributed by atoms with Gasteiger partial charge in [-0.25, -0.2) is 5.10 Å². The van der Waals surface area contributed by atoms with E-state index in [1.54, 1.807) is 6.20 Å². The smallest absolute Gasteiger partial charge is 0.272 e. The number of fused-ring (bicyclic) bond motifs is 1. The van der Waals surface area contributed by atoms with E-state index < -0.39 is 0 Å². The number of benzene rings is 1. The second-order valence-electron chi connectivity index (χ2n) is 10.3. The Morgan fingerprint density at radius 1 is 1.09 bits per heavy atom. The fourth-order valence-electron chi connectivity index (χ4n) is 6.32. The number of carbonyl (C=O) groups is 1. The third-order valence-electron chi connectivity index (χ3n) is 8.34. The van der Waals surface area contributed by atoms with Gasteiger partial charge in [-0.05, 0) is 68.8 Å². The third-order valence-corrected chi connectivity index (χ3v) is 8.34. The highest BCUT2D eigenvalue weighted by Gasteiger charge is 2.58. The maximum atomic E-state index is 13.1. The van der Waals surface area contributed by atoms with Gasteiger partial charge in [0.25, 0.3) is 11.5 Å². The molecule has 2 aliphatic carbocycles. The predicted molar refractivity (Wildman–Crippen MR) is 131 cm³/mol. The second kappa shape index (κ2) is 8.62. The highest BCUT2D eigenvalue weighted by Crippen LogP contribution is 2.64. The monoisotopic (exact) mass is 457 g/mol. The molecule has 0 radical (unpaired) electrons. The third kappa shape index (κ3) is 3.72. The lowest BCUT2D eigenvalue weighted by molar-refractivity contribution is -0.0340. The summed E-state index contributed by atoms with van der Waals surface area (Å²) in [4.78, 5) is 32.4. The Bertz CT molecular complexity index is 1260. The molecular formula is C27H31N5O2. The van der Waals surface area contributed by atoms with Crippen molar-refractivity contribution >= 4 is 16.7 Å². The van der Waals surface area contributed by atoms with Crippen molar-refractivity contribution < 1.29 is 4.79 Å². The lowest BCUT2D eigenvalue weighted by atomic mass is 9.46. The summed E-state index contributed by atoms with van der Waals surface area (Å²) >= 11 is 0. The molecule has 3 aliphatic rings. The number of aromatic nitrogens is 3. The van der Waals surface area contributed by atoms with E-state index in [0.717, 1.165) is 49.0 Å². The Kier molecular flexibility index (Phi) is 5.44. The van der Waals surface area contributed by atoms with Gasteiger partial charge >= 0.3 is 0 Å². The summed E-state index contributed by atoms with van der Waals surface area (Å²) in [6.07, 6.45) is 9.66. The summed E-state index contributed by atoms with van der Waals surface area (Å²) in [5.74, 6) is 0.0242. The molecule has 3 heterocycles. The first-order chi connectivity index (χ1) is 16.6. The van der Waals surface area contributed by atoms with E-state index >= 15 is 0 Å². The molecule has 2 atom stereocenters. The van der Waals surface area contributed by atoms with E-state index in [9.17, 15) is 9.59 Å². The highest BCUT2D eigenvalue weighted by atomic mass is 16.1. The predicted octanol–water partition coefficient (Wildman–Crippen LogP) is 3.41. The largest absolute Gasteiger partial charge is 0.349 e. The van der Waals surface area contributed by atoms with E-state index in [1.807, 2.05) is 36.4 Å². The number of aromatic amines is 1. The molecule has 1 aliphatic heterocycles. The first kappa shape index (κ1) is 21.5. The van der Waals surface area contributed by atoms with E-state index in [0.29, 0.717) is 10.9 Å². The molecule has 2 saturated carbocycles. The van der Waals surface area contributed by atoms with Crippen molar-refractivity contribution in [3.8, 4) is 0 Å². The van der Waals surface area contributed by atoms with Crippen molar-refractivity contribution in [2.45, 2.75) is 56.9 Å². The van der Waals surface area contributed by atoms with Crippen molar-refractivity contribution in [3.63, 3.8) is 0 Å². The van der Waals surface area contributed by atoms with Gasteiger partial charge in [0, 0.05) is 42.2 Å². The molecular weight excluding hydrogens is 426 g/mol. The minimum atomic E-state index is -0.169. The van der Waals surface area contributed by atoms with Crippen molar-refractivity contribution in [2.24, 2.45) is 5.41 Å². The number of H-pyrrole nitrogens is 1. The average Bonchev–Trinajstić information content (AvgIpc) is 3.35. The Labute approximate surface area is 199 Å². The van der Waals surface area contributed by atoms with Crippen LogP contribution < -0.4 is 10.9 Å². The molecule has 2 N–H and O–H groups in total. The topological polar surface area (TPSA) is 91.0 Å². The quantitative estimate of drug-likeness (QED) is 0.592. The number of likely N-dealkylation sites (tertiary alicyclic amines) is 1. The SMILES string of the molecule is O=C(NC1CC2(CCC2)C1c1n[nH]c(=O)c2ccccc12)c1ccc(CCN2CCCC2)nc1. The van der Waals surface area contributed by atoms with Gasteiger partial charge in [0.05, 0.1) is 16.6 Å². The fourth-order valence-corrected chi connectivity index (χ4v) is 6.32. The minimum absolute atomic E-state index is 0.00412. The molecule has 1 saturated heterocycles. The first-order valence-corrected chi connectivity index (χ1v) is 12.6. The van der Waals surface area contributed by atoms with E-state index in [2.05, 4.69) is 25.4 Å². The lowest BCUT2D eigenvalue weighted by Gasteiger charge is -2.60. The Hall–Kier alpha value is -3.06.